The maximum atomic E-state index is 12.2. The van der Waals surface area contributed by atoms with Gasteiger partial charge in [0.05, 0.1) is 23.4 Å². The number of benzene rings is 1. The van der Waals surface area contributed by atoms with Gasteiger partial charge in [0.25, 0.3) is 5.91 Å². The van der Waals surface area contributed by atoms with E-state index in [0.717, 1.165) is 35.9 Å². The van der Waals surface area contributed by atoms with Gasteiger partial charge in [-0.05, 0) is 59.8 Å². The molecule has 1 aliphatic rings. The van der Waals surface area contributed by atoms with Crippen LogP contribution >= 0.6 is 15.9 Å². The molecular formula is C18H19BrN4O2. The van der Waals surface area contributed by atoms with Crippen molar-refractivity contribution in [2.24, 2.45) is 7.05 Å². The Kier molecular flexibility index (Phi) is 5.39. The summed E-state index contributed by atoms with van der Waals surface area (Å²) in [6.45, 7) is 0. The molecule has 25 heavy (non-hydrogen) atoms. The van der Waals surface area contributed by atoms with Gasteiger partial charge in [-0.2, -0.15) is 10.4 Å². The van der Waals surface area contributed by atoms with E-state index in [1.54, 1.807) is 30.2 Å². The first kappa shape index (κ1) is 17.5. The molecule has 6 nitrogen and oxygen atoms in total. The molecular weight excluding hydrogens is 384 g/mol. The molecule has 0 atom stereocenters. The van der Waals surface area contributed by atoms with E-state index >= 15 is 0 Å². The zero-order chi connectivity index (χ0) is 17.8. The third-order valence-corrected chi connectivity index (χ3v) is 5.00. The van der Waals surface area contributed by atoms with Gasteiger partial charge in [0.15, 0.2) is 0 Å². The number of aryl methyl sites for hydroxylation is 1. The predicted octanol–water partition coefficient (Wildman–Crippen LogP) is 3.17. The number of nitriles is 1. The number of carbonyl (C=O) groups is 1. The zero-order valence-electron chi connectivity index (χ0n) is 13.9. The van der Waals surface area contributed by atoms with Gasteiger partial charge in [0, 0.05) is 23.8 Å². The van der Waals surface area contributed by atoms with Crippen LogP contribution in [0.15, 0.2) is 35.1 Å². The molecule has 0 saturated heterocycles. The summed E-state index contributed by atoms with van der Waals surface area (Å²) in [4.78, 5) is 12.2. The normalized spacial score (nSPS) is 19.9. The SMILES string of the molecule is Cn1cc(C(=O)N[C@H]2CC[C@H](Oc3ccc(C#N)c(Br)c3)CC2)cn1. The molecule has 1 amide bonds. The number of hydrogen-bond donors (Lipinski definition) is 1. The van der Waals surface area contributed by atoms with Crippen LogP contribution in [0.25, 0.3) is 0 Å². The Balaban J connectivity index is 1.49. The number of hydrogen-bond acceptors (Lipinski definition) is 4. The third-order valence-electron chi connectivity index (χ3n) is 4.34. The molecule has 1 saturated carbocycles. The molecule has 7 heteroatoms. The van der Waals surface area contributed by atoms with Crippen LogP contribution in [0.4, 0.5) is 0 Å². The van der Waals surface area contributed by atoms with Crippen LogP contribution in [0.1, 0.15) is 41.6 Å². The number of aromatic nitrogens is 2. The minimum absolute atomic E-state index is 0.0755. The van der Waals surface area contributed by atoms with Crippen molar-refractivity contribution in [2.45, 2.75) is 37.8 Å². The Bertz CT molecular complexity index is 804. The Labute approximate surface area is 154 Å². The molecule has 0 radical (unpaired) electrons. The van der Waals surface area contributed by atoms with Crippen LogP contribution in [0.3, 0.4) is 0 Å². The van der Waals surface area contributed by atoms with Crippen molar-refractivity contribution in [3.05, 3.63) is 46.2 Å². The average Bonchev–Trinajstić information content (AvgIpc) is 3.03. The second-order valence-corrected chi connectivity index (χ2v) is 7.08. The standard InChI is InChI=1S/C18H19BrN4O2/c1-23-11-13(10-21-23)18(24)22-14-3-6-15(7-4-14)25-16-5-2-12(9-20)17(19)8-16/h2,5,8,10-11,14-15H,3-4,6-7H2,1H3,(H,22,24)/t14-,15-. The molecule has 1 aliphatic carbocycles. The maximum Gasteiger partial charge on any atom is 0.254 e. The number of ether oxygens (including phenoxy) is 1. The number of rotatable bonds is 4. The molecule has 1 aromatic heterocycles. The topological polar surface area (TPSA) is 79.9 Å². The summed E-state index contributed by atoms with van der Waals surface area (Å²) in [5.74, 6) is 0.683. The van der Waals surface area contributed by atoms with Crippen molar-refractivity contribution in [1.82, 2.24) is 15.1 Å². The monoisotopic (exact) mass is 402 g/mol. The summed E-state index contributed by atoms with van der Waals surface area (Å²) in [6.07, 6.45) is 6.96. The number of nitrogens with one attached hydrogen (secondary N) is 1. The first-order valence-electron chi connectivity index (χ1n) is 8.21. The second-order valence-electron chi connectivity index (χ2n) is 6.22. The molecule has 1 heterocycles. The van der Waals surface area contributed by atoms with Crippen molar-refractivity contribution >= 4 is 21.8 Å². The van der Waals surface area contributed by atoms with Crippen molar-refractivity contribution in [2.75, 3.05) is 0 Å². The molecule has 1 aromatic carbocycles. The Morgan fingerprint density at radius 3 is 2.76 bits per heavy atom. The highest BCUT2D eigenvalue weighted by Gasteiger charge is 2.24. The maximum absolute atomic E-state index is 12.2. The van der Waals surface area contributed by atoms with Crippen LogP contribution in [0.2, 0.25) is 0 Å². The second kappa shape index (κ2) is 7.70. The molecule has 0 spiro atoms. The molecule has 0 bridgehead atoms. The molecule has 3 rings (SSSR count). The summed E-state index contributed by atoms with van der Waals surface area (Å²) >= 11 is 3.38. The number of nitrogens with zero attached hydrogens (tertiary/aromatic N) is 3. The van der Waals surface area contributed by atoms with Crippen LogP contribution < -0.4 is 10.1 Å². The molecule has 0 unspecified atom stereocenters. The van der Waals surface area contributed by atoms with E-state index in [0.29, 0.717) is 11.1 Å². The summed E-state index contributed by atoms with van der Waals surface area (Å²) < 4.78 is 8.37. The Morgan fingerprint density at radius 2 is 2.16 bits per heavy atom. The van der Waals surface area contributed by atoms with Gasteiger partial charge in [-0.3, -0.25) is 9.48 Å². The van der Waals surface area contributed by atoms with Gasteiger partial charge in [0.2, 0.25) is 0 Å². The van der Waals surface area contributed by atoms with Crippen molar-refractivity contribution < 1.29 is 9.53 Å². The van der Waals surface area contributed by atoms with E-state index in [2.05, 4.69) is 32.4 Å². The molecule has 1 fully saturated rings. The zero-order valence-corrected chi connectivity index (χ0v) is 15.5. The van der Waals surface area contributed by atoms with Crippen molar-refractivity contribution in [3.63, 3.8) is 0 Å². The minimum Gasteiger partial charge on any atom is -0.490 e. The van der Waals surface area contributed by atoms with E-state index in [9.17, 15) is 4.79 Å². The minimum atomic E-state index is -0.0755. The number of halogens is 1. The Hall–Kier alpha value is -2.33. The fourth-order valence-corrected chi connectivity index (χ4v) is 3.43. The van der Waals surface area contributed by atoms with Gasteiger partial charge in [-0.1, -0.05) is 0 Å². The van der Waals surface area contributed by atoms with Gasteiger partial charge < -0.3 is 10.1 Å². The lowest BCUT2D eigenvalue weighted by molar-refractivity contribution is 0.0894. The first-order valence-corrected chi connectivity index (χ1v) is 9.00. The highest BCUT2D eigenvalue weighted by Crippen LogP contribution is 2.27. The average molecular weight is 403 g/mol. The van der Waals surface area contributed by atoms with Gasteiger partial charge in [0.1, 0.15) is 11.8 Å². The fourth-order valence-electron chi connectivity index (χ4n) is 2.98. The highest BCUT2D eigenvalue weighted by atomic mass is 79.9. The molecule has 1 N–H and O–H groups in total. The quantitative estimate of drug-likeness (QED) is 0.851. The largest absolute Gasteiger partial charge is 0.490 e. The van der Waals surface area contributed by atoms with Crippen LogP contribution in [-0.2, 0) is 7.05 Å². The van der Waals surface area contributed by atoms with Gasteiger partial charge in [-0.25, -0.2) is 0 Å². The van der Waals surface area contributed by atoms with Crippen LogP contribution in [-0.4, -0.2) is 27.8 Å². The van der Waals surface area contributed by atoms with Crippen molar-refractivity contribution in [3.8, 4) is 11.8 Å². The predicted molar refractivity (Wildman–Crippen MR) is 96.2 cm³/mol. The van der Waals surface area contributed by atoms with Gasteiger partial charge >= 0.3 is 0 Å². The lowest BCUT2D eigenvalue weighted by Gasteiger charge is -2.29. The van der Waals surface area contributed by atoms with E-state index in [1.165, 1.54) is 0 Å². The van der Waals surface area contributed by atoms with Gasteiger partial charge in [-0.15, -0.1) is 0 Å². The van der Waals surface area contributed by atoms with E-state index in [1.807, 2.05) is 12.1 Å². The summed E-state index contributed by atoms with van der Waals surface area (Å²) in [6, 6.07) is 7.68. The molecule has 130 valence electrons. The first-order chi connectivity index (χ1) is 12.0. The van der Waals surface area contributed by atoms with Crippen LogP contribution in [0, 0.1) is 11.3 Å². The van der Waals surface area contributed by atoms with E-state index in [4.69, 9.17) is 10.00 Å². The number of amides is 1. The lowest BCUT2D eigenvalue weighted by atomic mass is 9.92. The lowest BCUT2D eigenvalue weighted by Crippen LogP contribution is -2.39. The Morgan fingerprint density at radius 1 is 1.40 bits per heavy atom. The van der Waals surface area contributed by atoms with E-state index < -0.39 is 0 Å². The highest BCUT2D eigenvalue weighted by molar-refractivity contribution is 9.10. The molecule has 0 aliphatic heterocycles. The fraction of sp³-hybridized carbons (Fsp3) is 0.389. The van der Waals surface area contributed by atoms with Crippen LogP contribution in [0.5, 0.6) is 5.75 Å². The number of carbonyl (C=O) groups excluding carboxylic acids is 1. The molecule has 2 aromatic rings. The summed E-state index contributed by atoms with van der Waals surface area (Å²) in [7, 11) is 1.79. The van der Waals surface area contributed by atoms with Crippen molar-refractivity contribution in [1.29, 1.82) is 5.26 Å². The smallest absolute Gasteiger partial charge is 0.254 e. The summed E-state index contributed by atoms with van der Waals surface area (Å²) in [5, 5.41) is 16.0. The van der Waals surface area contributed by atoms with E-state index in [-0.39, 0.29) is 18.1 Å². The summed E-state index contributed by atoms with van der Waals surface area (Å²) in [5.41, 5.74) is 1.18. The third kappa shape index (κ3) is 4.40.